The van der Waals surface area contributed by atoms with Crippen molar-refractivity contribution in [1.29, 1.82) is 0 Å². The standard InChI is InChI=1S/C14H22N2/c15-8-11-16-9-6-14(7-10-16)12-13-4-2-1-3-5-13/h1-5,14H,6-12,15H2/p+2. The molecule has 1 aliphatic rings. The van der Waals surface area contributed by atoms with E-state index in [0.717, 1.165) is 12.5 Å². The average molecular weight is 220 g/mol. The van der Waals surface area contributed by atoms with Crippen molar-refractivity contribution in [3.63, 3.8) is 0 Å². The molecule has 1 heterocycles. The van der Waals surface area contributed by atoms with Crippen LogP contribution in [0.15, 0.2) is 30.3 Å². The van der Waals surface area contributed by atoms with Crippen LogP contribution in [0.2, 0.25) is 0 Å². The Morgan fingerprint density at radius 1 is 1.12 bits per heavy atom. The molecule has 0 aromatic heterocycles. The molecule has 16 heavy (non-hydrogen) atoms. The molecule has 1 aromatic carbocycles. The van der Waals surface area contributed by atoms with Gasteiger partial charge in [0.25, 0.3) is 0 Å². The number of quaternary nitrogens is 2. The minimum absolute atomic E-state index is 0.913. The van der Waals surface area contributed by atoms with Crippen LogP contribution in [0.25, 0.3) is 0 Å². The first kappa shape index (κ1) is 11.6. The summed E-state index contributed by atoms with van der Waals surface area (Å²) in [6.45, 7) is 5.05. The van der Waals surface area contributed by atoms with Gasteiger partial charge in [-0.3, -0.25) is 0 Å². The fraction of sp³-hybridized carbons (Fsp3) is 0.571. The van der Waals surface area contributed by atoms with Gasteiger partial charge in [-0.25, -0.2) is 0 Å². The summed E-state index contributed by atoms with van der Waals surface area (Å²) in [5, 5.41) is 0. The fourth-order valence-electron chi connectivity index (χ4n) is 2.74. The topological polar surface area (TPSA) is 32.1 Å². The monoisotopic (exact) mass is 220 g/mol. The van der Waals surface area contributed by atoms with Gasteiger partial charge in [0.15, 0.2) is 0 Å². The Bertz CT molecular complexity index is 289. The Hall–Kier alpha value is -0.860. The van der Waals surface area contributed by atoms with E-state index in [1.807, 2.05) is 0 Å². The van der Waals surface area contributed by atoms with Crippen molar-refractivity contribution >= 4 is 0 Å². The van der Waals surface area contributed by atoms with E-state index in [1.165, 1.54) is 44.5 Å². The molecule has 2 nitrogen and oxygen atoms in total. The third-order valence-corrected chi connectivity index (χ3v) is 3.71. The smallest absolute Gasteiger partial charge is 0.127 e. The van der Waals surface area contributed by atoms with Crippen LogP contribution in [0.1, 0.15) is 18.4 Å². The van der Waals surface area contributed by atoms with E-state index in [9.17, 15) is 0 Å². The highest BCUT2D eigenvalue weighted by Gasteiger charge is 2.21. The molecule has 2 heteroatoms. The van der Waals surface area contributed by atoms with Gasteiger partial charge in [0, 0.05) is 0 Å². The molecule has 0 atom stereocenters. The van der Waals surface area contributed by atoms with E-state index in [1.54, 1.807) is 4.90 Å². The van der Waals surface area contributed by atoms with Gasteiger partial charge in [-0.2, -0.15) is 0 Å². The minimum Gasteiger partial charge on any atom is -0.353 e. The number of hydrogen-bond donors (Lipinski definition) is 2. The minimum atomic E-state index is 0.913. The van der Waals surface area contributed by atoms with Gasteiger partial charge >= 0.3 is 0 Å². The van der Waals surface area contributed by atoms with Gasteiger partial charge in [-0.05, 0) is 30.7 Å². The molecule has 0 aliphatic carbocycles. The van der Waals surface area contributed by atoms with Crippen LogP contribution >= 0.6 is 0 Å². The van der Waals surface area contributed by atoms with Crippen LogP contribution in [0.4, 0.5) is 0 Å². The van der Waals surface area contributed by atoms with Gasteiger partial charge in [0.05, 0.1) is 13.1 Å². The number of nitrogens with one attached hydrogen (secondary N) is 1. The summed E-state index contributed by atoms with van der Waals surface area (Å²) in [4.78, 5) is 1.76. The van der Waals surface area contributed by atoms with Gasteiger partial charge in [0.1, 0.15) is 13.1 Å². The van der Waals surface area contributed by atoms with Gasteiger partial charge in [-0.1, -0.05) is 30.3 Å². The molecule has 0 spiro atoms. The Morgan fingerprint density at radius 3 is 2.44 bits per heavy atom. The number of rotatable bonds is 4. The number of hydrogen-bond acceptors (Lipinski definition) is 0. The fourth-order valence-corrected chi connectivity index (χ4v) is 2.74. The lowest BCUT2D eigenvalue weighted by Gasteiger charge is -2.28. The molecule has 0 saturated carbocycles. The molecular weight excluding hydrogens is 196 g/mol. The average Bonchev–Trinajstić information content (AvgIpc) is 2.33. The lowest BCUT2D eigenvalue weighted by Crippen LogP contribution is -3.14. The van der Waals surface area contributed by atoms with Crippen molar-refractivity contribution in [3.8, 4) is 0 Å². The highest BCUT2D eigenvalue weighted by molar-refractivity contribution is 5.15. The molecule has 1 fully saturated rings. The Kier molecular flexibility index (Phi) is 4.37. The van der Waals surface area contributed by atoms with E-state index in [2.05, 4.69) is 36.1 Å². The number of benzene rings is 1. The molecule has 4 N–H and O–H groups in total. The predicted molar refractivity (Wildman–Crippen MR) is 66.2 cm³/mol. The van der Waals surface area contributed by atoms with Crippen LogP contribution in [0, 0.1) is 5.92 Å². The van der Waals surface area contributed by atoms with Gasteiger partial charge in [0.2, 0.25) is 0 Å². The first-order chi connectivity index (χ1) is 7.88. The van der Waals surface area contributed by atoms with Crippen molar-refractivity contribution in [2.75, 3.05) is 26.2 Å². The summed E-state index contributed by atoms with van der Waals surface area (Å²) in [6, 6.07) is 10.9. The largest absolute Gasteiger partial charge is 0.353 e. The molecule has 0 amide bonds. The quantitative estimate of drug-likeness (QED) is 0.702. The molecule has 0 bridgehead atoms. The third kappa shape index (κ3) is 3.32. The lowest BCUT2D eigenvalue weighted by atomic mass is 9.90. The van der Waals surface area contributed by atoms with E-state index < -0.39 is 0 Å². The predicted octanol–water partition coefficient (Wildman–Crippen LogP) is -0.234. The molecule has 1 aromatic rings. The second-order valence-corrected chi connectivity index (χ2v) is 4.99. The summed E-state index contributed by atoms with van der Waals surface area (Å²) in [6.07, 6.45) is 4.06. The second kappa shape index (κ2) is 6.02. The highest BCUT2D eigenvalue weighted by atomic mass is 15.1. The molecule has 1 aliphatic heterocycles. The second-order valence-electron chi connectivity index (χ2n) is 4.99. The van der Waals surface area contributed by atoms with Crippen molar-refractivity contribution in [1.82, 2.24) is 0 Å². The van der Waals surface area contributed by atoms with Crippen LogP contribution in [0.5, 0.6) is 0 Å². The Morgan fingerprint density at radius 2 is 1.81 bits per heavy atom. The molecular formula is C14H24N2+2. The summed E-state index contributed by atoms with van der Waals surface area (Å²) < 4.78 is 0. The number of likely N-dealkylation sites (tertiary alicyclic amines) is 1. The number of piperidine rings is 1. The Labute approximate surface area is 98.4 Å². The zero-order valence-corrected chi connectivity index (χ0v) is 10.1. The first-order valence-corrected chi connectivity index (χ1v) is 6.55. The van der Waals surface area contributed by atoms with Gasteiger partial charge in [-0.15, -0.1) is 0 Å². The van der Waals surface area contributed by atoms with E-state index in [-0.39, 0.29) is 0 Å². The molecule has 1 saturated heterocycles. The maximum atomic E-state index is 3.95. The molecule has 88 valence electrons. The Balaban J connectivity index is 1.77. The molecule has 0 radical (unpaired) electrons. The third-order valence-electron chi connectivity index (χ3n) is 3.71. The molecule has 0 unspecified atom stereocenters. The van der Waals surface area contributed by atoms with Crippen molar-refractivity contribution in [2.24, 2.45) is 5.92 Å². The highest BCUT2D eigenvalue weighted by Crippen LogP contribution is 2.16. The van der Waals surface area contributed by atoms with Crippen LogP contribution in [-0.2, 0) is 6.42 Å². The lowest BCUT2D eigenvalue weighted by molar-refractivity contribution is -0.911. The van der Waals surface area contributed by atoms with E-state index in [4.69, 9.17) is 0 Å². The summed E-state index contributed by atoms with van der Waals surface area (Å²) in [5.41, 5.74) is 5.45. The zero-order valence-electron chi connectivity index (χ0n) is 10.1. The van der Waals surface area contributed by atoms with E-state index in [0.29, 0.717) is 0 Å². The maximum Gasteiger partial charge on any atom is 0.127 e. The maximum absolute atomic E-state index is 3.95. The summed E-state index contributed by atoms with van der Waals surface area (Å²) in [7, 11) is 0. The van der Waals surface area contributed by atoms with Gasteiger partial charge < -0.3 is 10.6 Å². The van der Waals surface area contributed by atoms with Crippen molar-refractivity contribution < 1.29 is 10.6 Å². The normalized spacial score (nSPS) is 25.6. The van der Waals surface area contributed by atoms with E-state index >= 15 is 0 Å². The zero-order chi connectivity index (χ0) is 11.2. The summed E-state index contributed by atoms with van der Waals surface area (Å²) in [5.74, 6) is 0.913. The van der Waals surface area contributed by atoms with Crippen LogP contribution in [-0.4, -0.2) is 26.2 Å². The molecule has 2 rings (SSSR count). The van der Waals surface area contributed by atoms with Crippen LogP contribution in [0.3, 0.4) is 0 Å². The van der Waals surface area contributed by atoms with Crippen LogP contribution < -0.4 is 10.6 Å². The summed E-state index contributed by atoms with van der Waals surface area (Å²) >= 11 is 0. The van der Waals surface area contributed by atoms with Crippen molar-refractivity contribution in [3.05, 3.63) is 35.9 Å². The SMILES string of the molecule is [NH3+]CC[NH+]1CCC(Cc2ccccc2)CC1. The van der Waals surface area contributed by atoms with Crippen molar-refractivity contribution in [2.45, 2.75) is 19.3 Å². The first-order valence-electron chi connectivity index (χ1n) is 6.55.